The Hall–Kier alpha value is -2.75. The second-order valence-electron chi connectivity index (χ2n) is 4.55. The van der Waals surface area contributed by atoms with E-state index in [-0.39, 0.29) is 5.56 Å². The molecule has 3 aromatic rings. The molecular weight excluding hydrogens is 252 g/mol. The van der Waals surface area contributed by atoms with E-state index in [2.05, 4.69) is 4.98 Å². The molecule has 20 heavy (non-hydrogen) atoms. The van der Waals surface area contributed by atoms with E-state index < -0.39 is 0 Å². The lowest BCUT2D eigenvalue weighted by molar-refractivity contribution is 0.415. The van der Waals surface area contributed by atoms with Gasteiger partial charge in [-0.3, -0.25) is 4.79 Å². The van der Waals surface area contributed by atoms with Crippen molar-refractivity contribution in [3.8, 4) is 17.0 Å². The highest BCUT2D eigenvalue weighted by atomic mass is 16.5. The van der Waals surface area contributed by atoms with Gasteiger partial charge in [-0.15, -0.1) is 0 Å². The van der Waals surface area contributed by atoms with Crippen molar-refractivity contribution in [2.24, 2.45) is 0 Å². The van der Waals surface area contributed by atoms with Crippen LogP contribution in [0, 0.1) is 0 Å². The first-order valence-corrected chi connectivity index (χ1v) is 6.25. The molecule has 0 radical (unpaired) electrons. The van der Waals surface area contributed by atoms with Crippen LogP contribution in [0.2, 0.25) is 0 Å². The van der Waals surface area contributed by atoms with Crippen LogP contribution in [0.1, 0.15) is 0 Å². The average molecular weight is 266 g/mol. The third kappa shape index (κ3) is 2.01. The van der Waals surface area contributed by atoms with Gasteiger partial charge < -0.3 is 15.5 Å². The number of methoxy groups -OCH3 is 1. The average Bonchev–Trinajstić information content (AvgIpc) is 2.47. The first-order chi connectivity index (χ1) is 9.69. The quantitative estimate of drug-likeness (QED) is 0.701. The first-order valence-electron chi connectivity index (χ1n) is 6.25. The number of nitrogens with one attached hydrogen (secondary N) is 1. The predicted octanol–water partition coefficient (Wildman–Crippen LogP) is 2.79. The molecule has 4 heteroatoms. The minimum Gasteiger partial charge on any atom is -0.497 e. The van der Waals surface area contributed by atoms with E-state index in [1.54, 1.807) is 19.2 Å². The summed E-state index contributed by atoms with van der Waals surface area (Å²) in [6.45, 7) is 0. The molecule has 0 aliphatic rings. The third-order valence-corrected chi connectivity index (χ3v) is 3.30. The van der Waals surface area contributed by atoms with E-state index in [1.165, 1.54) is 0 Å². The van der Waals surface area contributed by atoms with E-state index >= 15 is 0 Å². The predicted molar refractivity (Wildman–Crippen MR) is 81.0 cm³/mol. The summed E-state index contributed by atoms with van der Waals surface area (Å²) in [6.07, 6.45) is 0. The zero-order valence-corrected chi connectivity index (χ0v) is 11.0. The molecule has 100 valence electrons. The van der Waals surface area contributed by atoms with Gasteiger partial charge in [0.25, 0.3) is 5.56 Å². The molecule has 0 bridgehead atoms. The molecule has 0 aliphatic carbocycles. The highest BCUT2D eigenvalue weighted by Crippen LogP contribution is 2.26. The minimum atomic E-state index is -0.136. The van der Waals surface area contributed by atoms with E-state index in [1.807, 2.05) is 36.4 Å². The van der Waals surface area contributed by atoms with Gasteiger partial charge in [-0.2, -0.15) is 0 Å². The number of benzene rings is 2. The summed E-state index contributed by atoms with van der Waals surface area (Å²) in [6, 6.07) is 14.7. The molecule has 0 aliphatic heterocycles. The Labute approximate surface area is 115 Å². The van der Waals surface area contributed by atoms with Crippen LogP contribution in [0.25, 0.3) is 22.0 Å². The molecule has 0 atom stereocenters. The maximum atomic E-state index is 12.1. The van der Waals surface area contributed by atoms with Gasteiger partial charge in [0.2, 0.25) is 0 Å². The number of anilines is 1. The molecule has 1 aromatic heterocycles. The van der Waals surface area contributed by atoms with E-state index in [0.717, 1.165) is 16.7 Å². The summed E-state index contributed by atoms with van der Waals surface area (Å²) in [5.41, 5.74) is 7.97. The zero-order chi connectivity index (χ0) is 14.1. The van der Waals surface area contributed by atoms with Gasteiger partial charge in [0.1, 0.15) is 5.75 Å². The summed E-state index contributed by atoms with van der Waals surface area (Å²) in [4.78, 5) is 15.0. The zero-order valence-electron chi connectivity index (χ0n) is 11.0. The normalized spacial score (nSPS) is 10.7. The lowest BCUT2D eigenvalue weighted by Crippen LogP contribution is -2.07. The van der Waals surface area contributed by atoms with Crippen molar-refractivity contribution in [1.82, 2.24) is 4.98 Å². The van der Waals surface area contributed by atoms with Crippen molar-refractivity contribution in [2.45, 2.75) is 0 Å². The molecule has 1 heterocycles. The van der Waals surface area contributed by atoms with Crippen LogP contribution in [0.5, 0.6) is 5.75 Å². The summed E-state index contributed by atoms with van der Waals surface area (Å²) < 4.78 is 5.19. The number of ether oxygens (including phenoxy) is 1. The molecule has 0 unspecified atom stereocenters. The van der Waals surface area contributed by atoms with Gasteiger partial charge in [-0.25, -0.2) is 0 Å². The molecule has 4 nitrogen and oxygen atoms in total. The van der Waals surface area contributed by atoms with E-state index in [9.17, 15) is 4.79 Å². The van der Waals surface area contributed by atoms with Crippen molar-refractivity contribution < 1.29 is 4.74 Å². The van der Waals surface area contributed by atoms with Gasteiger partial charge in [-0.1, -0.05) is 18.2 Å². The fraction of sp³-hybridized carbons (Fsp3) is 0.0625. The topological polar surface area (TPSA) is 68.1 Å². The van der Waals surface area contributed by atoms with Gasteiger partial charge in [0.05, 0.1) is 12.8 Å². The highest BCUT2D eigenvalue weighted by molar-refractivity contribution is 5.88. The number of pyridine rings is 1. The summed E-state index contributed by atoms with van der Waals surface area (Å²) in [5, 5.41) is 1.45. The molecule has 0 spiro atoms. The largest absolute Gasteiger partial charge is 0.497 e. The summed E-state index contributed by atoms with van der Waals surface area (Å²) in [5.74, 6) is 0.718. The van der Waals surface area contributed by atoms with Crippen LogP contribution >= 0.6 is 0 Å². The lowest BCUT2D eigenvalue weighted by atomic mass is 10.1. The Morgan fingerprint density at radius 1 is 1.10 bits per heavy atom. The van der Waals surface area contributed by atoms with E-state index in [4.69, 9.17) is 10.5 Å². The standard InChI is InChI=1S/C16H14N2O2/c1-20-11-6-7-12-10(8-11)9-15(18-16(12)19)13-4-2-3-5-14(13)17/h2-9H,17H2,1H3,(H,18,19). The number of aromatic nitrogens is 1. The van der Waals surface area contributed by atoms with Crippen LogP contribution < -0.4 is 16.0 Å². The van der Waals surface area contributed by atoms with Crippen molar-refractivity contribution in [3.05, 3.63) is 58.9 Å². The van der Waals surface area contributed by atoms with Crippen LogP contribution in [-0.2, 0) is 0 Å². The molecule has 0 amide bonds. The Bertz CT molecular complexity index is 837. The molecule has 0 saturated carbocycles. The maximum absolute atomic E-state index is 12.1. The van der Waals surface area contributed by atoms with Gasteiger partial charge >= 0.3 is 0 Å². The number of aromatic amines is 1. The van der Waals surface area contributed by atoms with Crippen LogP contribution in [-0.4, -0.2) is 12.1 Å². The second-order valence-corrected chi connectivity index (χ2v) is 4.55. The molecule has 3 rings (SSSR count). The SMILES string of the molecule is COc1ccc2c(=O)[nH]c(-c3ccccc3N)cc2c1. The Balaban J connectivity index is 2.28. The van der Waals surface area contributed by atoms with Crippen molar-refractivity contribution in [3.63, 3.8) is 0 Å². The van der Waals surface area contributed by atoms with Crippen LogP contribution in [0.3, 0.4) is 0 Å². The highest BCUT2D eigenvalue weighted by Gasteiger charge is 2.07. The number of nitrogens with two attached hydrogens (primary N) is 1. The molecule has 0 saturated heterocycles. The number of rotatable bonds is 2. The maximum Gasteiger partial charge on any atom is 0.256 e. The van der Waals surface area contributed by atoms with Crippen molar-refractivity contribution in [1.29, 1.82) is 0 Å². The first kappa shape index (κ1) is 12.3. The fourth-order valence-electron chi connectivity index (χ4n) is 2.26. The van der Waals surface area contributed by atoms with Gasteiger partial charge in [0.15, 0.2) is 0 Å². The summed E-state index contributed by atoms with van der Waals surface area (Å²) >= 11 is 0. The van der Waals surface area contributed by atoms with Gasteiger partial charge in [0, 0.05) is 16.6 Å². The van der Waals surface area contributed by atoms with Crippen LogP contribution in [0.4, 0.5) is 5.69 Å². The number of para-hydroxylation sites is 1. The van der Waals surface area contributed by atoms with Crippen molar-refractivity contribution in [2.75, 3.05) is 12.8 Å². The smallest absolute Gasteiger partial charge is 0.256 e. The number of hydrogen-bond acceptors (Lipinski definition) is 3. The lowest BCUT2D eigenvalue weighted by Gasteiger charge is -2.08. The molecular formula is C16H14N2O2. The van der Waals surface area contributed by atoms with E-state index in [0.29, 0.717) is 16.8 Å². The number of fused-ring (bicyclic) bond motifs is 1. The fourth-order valence-corrected chi connectivity index (χ4v) is 2.26. The number of hydrogen-bond donors (Lipinski definition) is 2. The van der Waals surface area contributed by atoms with Crippen molar-refractivity contribution >= 4 is 16.5 Å². The molecule has 2 aromatic carbocycles. The number of nitrogen functional groups attached to an aromatic ring is 1. The Morgan fingerprint density at radius 3 is 2.65 bits per heavy atom. The monoisotopic (exact) mass is 266 g/mol. The third-order valence-electron chi connectivity index (χ3n) is 3.30. The Kier molecular flexibility index (Phi) is 2.91. The molecule has 3 N–H and O–H groups in total. The van der Waals surface area contributed by atoms with Crippen LogP contribution in [0.15, 0.2) is 53.3 Å². The molecule has 0 fully saturated rings. The Morgan fingerprint density at radius 2 is 1.90 bits per heavy atom. The summed E-state index contributed by atoms with van der Waals surface area (Å²) in [7, 11) is 1.60. The second kappa shape index (κ2) is 4.74. The minimum absolute atomic E-state index is 0.136. The number of H-pyrrole nitrogens is 1. The van der Waals surface area contributed by atoms with Gasteiger partial charge in [-0.05, 0) is 35.7 Å².